The van der Waals surface area contributed by atoms with Crippen molar-refractivity contribution in [2.24, 2.45) is 0 Å². The molecule has 0 aromatic heterocycles. The van der Waals surface area contributed by atoms with Crippen molar-refractivity contribution >= 4 is 11.8 Å². The van der Waals surface area contributed by atoms with Crippen LogP contribution in [0.1, 0.15) is 18.4 Å². The second-order valence-corrected chi connectivity index (χ2v) is 6.92. The topological polar surface area (TPSA) is 99.4 Å². The van der Waals surface area contributed by atoms with Gasteiger partial charge in [0, 0.05) is 12.4 Å². The number of aliphatic hydroxyl groups is 4. The number of hydrogen-bond acceptors (Lipinski definition) is 7. The summed E-state index contributed by atoms with van der Waals surface area (Å²) in [6.07, 6.45) is -4.24. The number of aliphatic hydroxyl groups excluding tert-OH is 4. The SMILES string of the molecule is OC[C@H]1O[C@H](OCCCCSCc2ccccc2)[C@H](O)[C@@H](O)[C@@H]1O. The highest BCUT2D eigenvalue weighted by atomic mass is 32.2. The molecule has 136 valence electrons. The van der Waals surface area contributed by atoms with Crippen molar-refractivity contribution in [1.82, 2.24) is 0 Å². The average molecular weight is 358 g/mol. The molecular weight excluding hydrogens is 332 g/mol. The molecule has 0 aliphatic carbocycles. The summed E-state index contributed by atoms with van der Waals surface area (Å²) in [4.78, 5) is 0. The molecule has 1 heterocycles. The summed E-state index contributed by atoms with van der Waals surface area (Å²) in [5.41, 5.74) is 1.31. The molecule has 0 radical (unpaired) electrons. The van der Waals surface area contributed by atoms with Gasteiger partial charge in [0.25, 0.3) is 0 Å². The second-order valence-electron chi connectivity index (χ2n) is 5.81. The Labute approximate surface area is 146 Å². The lowest BCUT2D eigenvalue weighted by molar-refractivity contribution is -0.301. The summed E-state index contributed by atoms with van der Waals surface area (Å²) in [7, 11) is 0. The third kappa shape index (κ3) is 5.70. The number of ether oxygens (including phenoxy) is 2. The predicted octanol–water partition coefficient (Wildman–Crippen LogP) is 0.516. The van der Waals surface area contributed by atoms with Crippen LogP contribution in [0, 0.1) is 0 Å². The molecule has 2 rings (SSSR count). The fourth-order valence-electron chi connectivity index (χ4n) is 2.48. The Morgan fingerprint density at radius 2 is 1.75 bits per heavy atom. The fourth-order valence-corrected chi connectivity index (χ4v) is 3.46. The van der Waals surface area contributed by atoms with Crippen LogP contribution in [0.4, 0.5) is 0 Å². The van der Waals surface area contributed by atoms with Crippen LogP contribution < -0.4 is 0 Å². The van der Waals surface area contributed by atoms with Gasteiger partial charge in [0.15, 0.2) is 6.29 Å². The first kappa shape index (κ1) is 19.7. The maximum absolute atomic E-state index is 9.84. The molecule has 0 bridgehead atoms. The van der Waals surface area contributed by atoms with Gasteiger partial charge in [-0.05, 0) is 24.2 Å². The van der Waals surface area contributed by atoms with E-state index >= 15 is 0 Å². The molecule has 1 aromatic carbocycles. The molecule has 0 saturated carbocycles. The normalized spacial score (nSPS) is 30.4. The van der Waals surface area contributed by atoms with E-state index in [0.29, 0.717) is 6.61 Å². The van der Waals surface area contributed by atoms with Crippen LogP contribution >= 0.6 is 11.8 Å². The second kappa shape index (κ2) is 10.4. The molecule has 0 spiro atoms. The number of hydrogen-bond donors (Lipinski definition) is 4. The minimum Gasteiger partial charge on any atom is -0.394 e. The van der Waals surface area contributed by atoms with Crippen molar-refractivity contribution < 1.29 is 29.9 Å². The first-order valence-electron chi connectivity index (χ1n) is 8.17. The van der Waals surface area contributed by atoms with Gasteiger partial charge in [0.2, 0.25) is 0 Å². The van der Waals surface area contributed by atoms with Gasteiger partial charge in [0.1, 0.15) is 24.4 Å². The number of rotatable bonds is 9. The molecule has 24 heavy (non-hydrogen) atoms. The van der Waals surface area contributed by atoms with E-state index in [1.165, 1.54) is 5.56 Å². The molecule has 4 N–H and O–H groups in total. The average Bonchev–Trinajstić information content (AvgIpc) is 2.61. The molecule has 0 amide bonds. The van der Waals surface area contributed by atoms with Crippen molar-refractivity contribution in [3.8, 4) is 0 Å². The fraction of sp³-hybridized carbons (Fsp3) is 0.647. The summed E-state index contributed by atoms with van der Waals surface area (Å²) in [5, 5.41) is 38.3. The Kier molecular flexibility index (Phi) is 8.48. The Morgan fingerprint density at radius 1 is 1.00 bits per heavy atom. The molecule has 1 fully saturated rings. The Hall–Kier alpha value is -0.670. The van der Waals surface area contributed by atoms with Crippen LogP contribution in [-0.4, -0.2) is 70.1 Å². The molecule has 6 nitrogen and oxygen atoms in total. The van der Waals surface area contributed by atoms with Crippen molar-refractivity contribution in [2.45, 2.75) is 49.3 Å². The van der Waals surface area contributed by atoms with Gasteiger partial charge in [-0.3, -0.25) is 0 Å². The van der Waals surface area contributed by atoms with E-state index in [1.54, 1.807) is 0 Å². The van der Waals surface area contributed by atoms with Gasteiger partial charge >= 0.3 is 0 Å². The highest BCUT2D eigenvalue weighted by Gasteiger charge is 2.43. The highest BCUT2D eigenvalue weighted by Crippen LogP contribution is 2.22. The van der Waals surface area contributed by atoms with E-state index in [-0.39, 0.29) is 0 Å². The molecule has 1 aliphatic heterocycles. The van der Waals surface area contributed by atoms with Gasteiger partial charge in [0.05, 0.1) is 6.61 Å². The van der Waals surface area contributed by atoms with E-state index in [1.807, 2.05) is 30.0 Å². The van der Waals surface area contributed by atoms with E-state index < -0.39 is 37.3 Å². The van der Waals surface area contributed by atoms with Crippen molar-refractivity contribution in [3.05, 3.63) is 35.9 Å². The van der Waals surface area contributed by atoms with Gasteiger partial charge in [-0.1, -0.05) is 30.3 Å². The predicted molar refractivity (Wildman–Crippen MR) is 91.6 cm³/mol. The summed E-state index contributed by atoms with van der Waals surface area (Å²) in [5.74, 6) is 1.99. The summed E-state index contributed by atoms with van der Waals surface area (Å²) >= 11 is 1.86. The standard InChI is InChI=1S/C17H26O6S/c18-10-13-14(19)15(20)16(21)17(23-13)22-8-4-5-9-24-11-12-6-2-1-3-7-12/h1-3,6-7,13-21H,4-5,8-11H2/t13-,14-,15+,16-,17+/m1/s1. The lowest BCUT2D eigenvalue weighted by atomic mass is 9.99. The Bertz CT molecular complexity index is 458. The van der Waals surface area contributed by atoms with Crippen LogP contribution in [0.5, 0.6) is 0 Å². The van der Waals surface area contributed by atoms with Crippen molar-refractivity contribution in [3.63, 3.8) is 0 Å². The molecule has 7 heteroatoms. The van der Waals surface area contributed by atoms with Crippen LogP contribution in [0.3, 0.4) is 0 Å². The number of thioether (sulfide) groups is 1. The van der Waals surface area contributed by atoms with Crippen LogP contribution in [0.2, 0.25) is 0 Å². The van der Waals surface area contributed by atoms with E-state index in [0.717, 1.165) is 24.3 Å². The van der Waals surface area contributed by atoms with Crippen molar-refractivity contribution in [2.75, 3.05) is 19.0 Å². The highest BCUT2D eigenvalue weighted by molar-refractivity contribution is 7.98. The third-order valence-corrected chi connectivity index (χ3v) is 5.04. The zero-order valence-electron chi connectivity index (χ0n) is 13.5. The largest absolute Gasteiger partial charge is 0.394 e. The van der Waals surface area contributed by atoms with E-state index in [9.17, 15) is 15.3 Å². The zero-order valence-corrected chi connectivity index (χ0v) is 14.3. The van der Waals surface area contributed by atoms with Crippen LogP contribution in [0.25, 0.3) is 0 Å². The molecule has 5 atom stereocenters. The third-order valence-electron chi connectivity index (χ3n) is 3.93. The van der Waals surface area contributed by atoms with Gasteiger partial charge in [-0.2, -0.15) is 11.8 Å². The van der Waals surface area contributed by atoms with Crippen molar-refractivity contribution in [1.29, 1.82) is 0 Å². The van der Waals surface area contributed by atoms with E-state index in [2.05, 4.69) is 12.1 Å². The van der Waals surface area contributed by atoms with Crippen LogP contribution in [0.15, 0.2) is 30.3 Å². The molecule has 1 aromatic rings. The number of unbranched alkanes of at least 4 members (excludes halogenated alkanes) is 1. The van der Waals surface area contributed by atoms with Crippen LogP contribution in [-0.2, 0) is 15.2 Å². The van der Waals surface area contributed by atoms with Gasteiger partial charge in [-0.25, -0.2) is 0 Å². The maximum Gasteiger partial charge on any atom is 0.186 e. The summed E-state index contributed by atoms with van der Waals surface area (Å²) in [6.45, 7) is -0.0600. The van der Waals surface area contributed by atoms with Gasteiger partial charge in [-0.15, -0.1) is 0 Å². The minimum absolute atomic E-state index is 0.384. The first-order valence-corrected chi connectivity index (χ1v) is 9.32. The molecular formula is C17H26O6S. The first-order chi connectivity index (χ1) is 11.6. The summed E-state index contributed by atoms with van der Waals surface area (Å²) in [6, 6.07) is 10.3. The Morgan fingerprint density at radius 3 is 2.46 bits per heavy atom. The lowest BCUT2D eigenvalue weighted by Crippen LogP contribution is -2.59. The zero-order chi connectivity index (χ0) is 17.4. The molecule has 1 aliphatic rings. The lowest BCUT2D eigenvalue weighted by Gasteiger charge is -2.39. The quantitative estimate of drug-likeness (QED) is 0.478. The monoisotopic (exact) mass is 358 g/mol. The summed E-state index contributed by atoms with van der Waals surface area (Å²) < 4.78 is 10.7. The number of benzene rings is 1. The van der Waals surface area contributed by atoms with E-state index in [4.69, 9.17) is 14.6 Å². The Balaban J connectivity index is 1.58. The smallest absolute Gasteiger partial charge is 0.186 e. The minimum atomic E-state index is -1.39. The molecule has 1 saturated heterocycles. The van der Waals surface area contributed by atoms with Gasteiger partial charge < -0.3 is 29.9 Å². The molecule has 0 unspecified atom stereocenters. The maximum atomic E-state index is 9.84.